The molecule has 2 aromatic heterocycles. The summed E-state index contributed by atoms with van der Waals surface area (Å²) in [5.74, 6) is 1.05. The molecule has 1 aliphatic heterocycles. The maximum Gasteiger partial charge on any atom is 0.230 e. The minimum Gasteiger partial charge on any atom is -0.259 e. The number of fused-ring (bicyclic) bond motifs is 2. The lowest BCUT2D eigenvalue weighted by Gasteiger charge is -2.10. The van der Waals surface area contributed by atoms with E-state index >= 15 is 0 Å². The number of hydrogen-bond acceptors (Lipinski definition) is 2. The number of rotatable bonds is 0. The van der Waals surface area contributed by atoms with E-state index in [1.807, 2.05) is 6.07 Å². The van der Waals surface area contributed by atoms with Gasteiger partial charge in [0.1, 0.15) is 12.2 Å². The average molecular weight is 173 g/mol. The summed E-state index contributed by atoms with van der Waals surface area (Å²) >= 11 is 0. The molecule has 0 amide bonds. The van der Waals surface area contributed by atoms with Crippen LogP contribution in [-0.4, -0.2) is 14.8 Å². The van der Waals surface area contributed by atoms with Crippen LogP contribution >= 0.6 is 0 Å². The zero-order valence-electron chi connectivity index (χ0n) is 7.09. The highest BCUT2D eigenvalue weighted by Gasteiger charge is 2.20. The van der Waals surface area contributed by atoms with E-state index in [4.69, 9.17) is 0 Å². The Labute approximate surface area is 75.5 Å². The summed E-state index contributed by atoms with van der Waals surface area (Å²) in [7, 11) is 0. The number of hydrogen-bond donors (Lipinski definition) is 0. The van der Waals surface area contributed by atoms with E-state index < -0.39 is 0 Å². The Morgan fingerprint density at radius 2 is 2.38 bits per heavy atom. The van der Waals surface area contributed by atoms with Gasteiger partial charge in [0, 0.05) is 12.1 Å². The van der Waals surface area contributed by atoms with Crippen molar-refractivity contribution in [1.29, 1.82) is 0 Å². The highest BCUT2D eigenvalue weighted by molar-refractivity contribution is 5.06. The molecule has 0 unspecified atom stereocenters. The van der Waals surface area contributed by atoms with Crippen LogP contribution in [0.4, 0.5) is 0 Å². The van der Waals surface area contributed by atoms with Gasteiger partial charge in [-0.25, -0.2) is 0 Å². The van der Waals surface area contributed by atoms with Gasteiger partial charge >= 0.3 is 0 Å². The molecular weight excluding hydrogens is 164 g/mol. The molecule has 0 fully saturated rings. The molecule has 3 rings (SSSR count). The molecule has 3 heterocycles. The topological polar surface area (TPSA) is 34.6 Å². The molecule has 0 aromatic carbocycles. The van der Waals surface area contributed by atoms with Crippen molar-refractivity contribution in [3.05, 3.63) is 42.2 Å². The van der Waals surface area contributed by atoms with Gasteiger partial charge in [0.25, 0.3) is 0 Å². The predicted molar refractivity (Wildman–Crippen MR) is 44.9 cm³/mol. The second-order valence-corrected chi connectivity index (χ2v) is 3.20. The Morgan fingerprint density at radius 3 is 3.38 bits per heavy atom. The van der Waals surface area contributed by atoms with Gasteiger partial charge in [0.05, 0.1) is 6.42 Å². The smallest absolute Gasteiger partial charge is 0.230 e. The van der Waals surface area contributed by atoms with Gasteiger partial charge in [-0.2, -0.15) is 4.57 Å². The third kappa shape index (κ3) is 0.950. The summed E-state index contributed by atoms with van der Waals surface area (Å²) in [5.41, 5.74) is 1.29. The summed E-state index contributed by atoms with van der Waals surface area (Å²) in [5, 5.41) is 7.94. The van der Waals surface area contributed by atoms with E-state index in [0.29, 0.717) is 0 Å². The van der Waals surface area contributed by atoms with Crippen molar-refractivity contribution >= 4 is 0 Å². The Kier molecular flexibility index (Phi) is 1.24. The van der Waals surface area contributed by atoms with Gasteiger partial charge in [0.15, 0.2) is 11.9 Å². The average Bonchev–Trinajstić information content (AvgIpc) is 2.61. The number of nitrogens with zero attached hydrogens (tertiary/aromatic N) is 4. The van der Waals surface area contributed by atoms with Crippen LogP contribution < -0.4 is 4.57 Å². The molecule has 0 atom stereocenters. The van der Waals surface area contributed by atoms with E-state index in [2.05, 4.69) is 37.7 Å². The zero-order chi connectivity index (χ0) is 8.67. The molecule has 0 aliphatic carbocycles. The molecule has 0 bridgehead atoms. The van der Waals surface area contributed by atoms with Gasteiger partial charge in [-0.1, -0.05) is 6.07 Å². The number of pyridine rings is 1. The van der Waals surface area contributed by atoms with E-state index in [-0.39, 0.29) is 0 Å². The van der Waals surface area contributed by atoms with Gasteiger partial charge in [-0.15, -0.1) is 10.2 Å². The fourth-order valence-electron chi connectivity index (χ4n) is 1.67. The van der Waals surface area contributed by atoms with Crippen molar-refractivity contribution in [3.63, 3.8) is 0 Å². The lowest BCUT2D eigenvalue weighted by Crippen LogP contribution is -2.44. The van der Waals surface area contributed by atoms with Crippen LogP contribution in [0.3, 0.4) is 0 Å². The predicted octanol–water partition coefficient (Wildman–Crippen LogP) is -0.0244. The van der Waals surface area contributed by atoms with Crippen molar-refractivity contribution in [1.82, 2.24) is 14.8 Å². The molecule has 0 saturated carbocycles. The lowest BCUT2D eigenvalue weighted by molar-refractivity contribution is -0.711. The van der Waals surface area contributed by atoms with Crippen molar-refractivity contribution in [2.75, 3.05) is 0 Å². The van der Waals surface area contributed by atoms with E-state index in [9.17, 15) is 0 Å². The van der Waals surface area contributed by atoms with E-state index in [0.717, 1.165) is 18.9 Å². The van der Waals surface area contributed by atoms with Gasteiger partial charge < -0.3 is 0 Å². The van der Waals surface area contributed by atoms with Crippen LogP contribution in [0.25, 0.3) is 0 Å². The van der Waals surface area contributed by atoms with Crippen LogP contribution in [0.1, 0.15) is 11.5 Å². The normalized spacial score (nSPS) is 13.5. The molecule has 13 heavy (non-hydrogen) atoms. The van der Waals surface area contributed by atoms with Gasteiger partial charge in [-0.3, -0.25) is 4.57 Å². The SMILES string of the molecule is c1cc[n+]2c(c1)Cc1nncn1C2. The molecule has 0 N–H and O–H groups in total. The highest BCUT2D eigenvalue weighted by Crippen LogP contribution is 2.06. The third-order valence-corrected chi connectivity index (χ3v) is 2.37. The minimum absolute atomic E-state index is 0.832. The summed E-state index contributed by atoms with van der Waals surface area (Å²) in [6, 6.07) is 6.22. The van der Waals surface area contributed by atoms with Gasteiger partial charge in [0.2, 0.25) is 6.67 Å². The Balaban J connectivity index is 2.14. The van der Waals surface area contributed by atoms with E-state index in [1.165, 1.54) is 5.69 Å². The molecule has 1 aliphatic rings. The monoisotopic (exact) mass is 173 g/mol. The Hall–Kier alpha value is -1.71. The van der Waals surface area contributed by atoms with Crippen LogP contribution in [-0.2, 0) is 13.1 Å². The minimum atomic E-state index is 0.832. The van der Waals surface area contributed by atoms with Crippen molar-refractivity contribution in [2.24, 2.45) is 0 Å². The maximum atomic E-state index is 4.06. The second-order valence-electron chi connectivity index (χ2n) is 3.20. The van der Waals surface area contributed by atoms with Crippen LogP contribution in [0.15, 0.2) is 30.7 Å². The molecular formula is C9H9N4+. The van der Waals surface area contributed by atoms with Crippen molar-refractivity contribution in [2.45, 2.75) is 13.1 Å². The first-order valence-electron chi connectivity index (χ1n) is 4.27. The summed E-state index contributed by atoms with van der Waals surface area (Å²) in [6.45, 7) is 0.832. The zero-order valence-corrected chi connectivity index (χ0v) is 7.09. The second kappa shape index (κ2) is 2.39. The van der Waals surface area contributed by atoms with Crippen LogP contribution in [0, 0.1) is 0 Å². The number of aromatic nitrogens is 4. The van der Waals surface area contributed by atoms with Crippen LogP contribution in [0.5, 0.6) is 0 Å². The summed E-state index contributed by atoms with van der Waals surface area (Å²) in [6.07, 6.45) is 4.73. The molecule has 0 saturated heterocycles. The standard InChI is InChI=1S/C9H9N4/c1-2-4-12-7-13-6-10-11-9(13)5-8(12)3-1/h1-4,6H,5,7H2/q+1. The summed E-state index contributed by atoms with van der Waals surface area (Å²) < 4.78 is 4.27. The molecule has 64 valence electrons. The van der Waals surface area contributed by atoms with Gasteiger partial charge in [-0.05, 0) is 0 Å². The molecule has 4 nitrogen and oxygen atoms in total. The third-order valence-electron chi connectivity index (χ3n) is 2.37. The van der Waals surface area contributed by atoms with Crippen LogP contribution in [0.2, 0.25) is 0 Å². The fraction of sp³-hybridized carbons (Fsp3) is 0.222. The Morgan fingerprint density at radius 1 is 1.38 bits per heavy atom. The largest absolute Gasteiger partial charge is 0.259 e. The fourth-order valence-corrected chi connectivity index (χ4v) is 1.67. The summed E-state index contributed by atoms with van der Waals surface area (Å²) in [4.78, 5) is 0. The van der Waals surface area contributed by atoms with Crippen molar-refractivity contribution in [3.8, 4) is 0 Å². The first-order valence-corrected chi connectivity index (χ1v) is 4.27. The molecule has 2 aromatic rings. The molecule has 0 radical (unpaired) electrons. The lowest BCUT2D eigenvalue weighted by atomic mass is 10.2. The maximum absolute atomic E-state index is 4.06. The van der Waals surface area contributed by atoms with Crippen molar-refractivity contribution < 1.29 is 4.57 Å². The quantitative estimate of drug-likeness (QED) is 0.448. The molecule has 4 heteroatoms. The highest BCUT2D eigenvalue weighted by atomic mass is 15.3. The Bertz CT molecular complexity index is 407. The molecule has 0 spiro atoms. The van der Waals surface area contributed by atoms with E-state index in [1.54, 1.807) is 6.33 Å². The first kappa shape index (κ1) is 6.77. The first-order chi connectivity index (χ1) is 6.43.